The molecular weight excluding hydrogens is 257 g/mol. The maximum absolute atomic E-state index is 12.4. The quantitative estimate of drug-likeness (QED) is 0.655. The number of nitrogens with zero attached hydrogens (tertiary/aromatic N) is 1. The van der Waals surface area contributed by atoms with Gasteiger partial charge >= 0.3 is 6.18 Å². The first-order chi connectivity index (χ1) is 7.27. The summed E-state index contributed by atoms with van der Waals surface area (Å²) in [7, 11) is 0. The predicted octanol–water partition coefficient (Wildman–Crippen LogP) is 3.18. The minimum Gasteiger partial charge on any atom is -0.392 e. The summed E-state index contributed by atoms with van der Waals surface area (Å²) in [6.45, 7) is -1.04. The molecule has 0 atom stereocenters. The highest BCUT2D eigenvalue weighted by molar-refractivity contribution is 6.30. The molecule has 0 unspecified atom stereocenters. The van der Waals surface area contributed by atoms with Crippen molar-refractivity contribution in [2.75, 3.05) is 0 Å². The lowest BCUT2D eigenvalue weighted by atomic mass is 10.1. The largest absolute Gasteiger partial charge is 0.419 e. The molecule has 1 rings (SSSR count). The standard InChI is InChI=1S/C8H5ClF5NO/c9-6-5(8(12,13)14)3(2-16)1-4(15-6)7(10)11/h1,7,16H,2H2. The van der Waals surface area contributed by atoms with Gasteiger partial charge in [-0.1, -0.05) is 11.6 Å². The molecule has 0 amide bonds. The maximum atomic E-state index is 12.4. The van der Waals surface area contributed by atoms with Crippen molar-refractivity contribution in [1.82, 2.24) is 4.98 Å². The summed E-state index contributed by atoms with van der Waals surface area (Å²) in [5, 5.41) is 7.59. The van der Waals surface area contributed by atoms with Crippen molar-refractivity contribution in [3.8, 4) is 0 Å². The van der Waals surface area contributed by atoms with Crippen LogP contribution in [0.5, 0.6) is 0 Å². The van der Waals surface area contributed by atoms with Crippen molar-refractivity contribution in [2.45, 2.75) is 19.2 Å². The number of hydrogen-bond acceptors (Lipinski definition) is 2. The number of aromatic nitrogens is 1. The van der Waals surface area contributed by atoms with E-state index < -0.39 is 41.2 Å². The molecule has 90 valence electrons. The second-order valence-electron chi connectivity index (χ2n) is 2.83. The van der Waals surface area contributed by atoms with Crippen LogP contribution >= 0.6 is 11.6 Å². The molecule has 0 radical (unpaired) electrons. The van der Waals surface area contributed by atoms with Gasteiger partial charge in [-0.05, 0) is 11.6 Å². The molecule has 0 aliphatic carbocycles. The van der Waals surface area contributed by atoms with Crippen molar-refractivity contribution in [3.63, 3.8) is 0 Å². The van der Waals surface area contributed by atoms with E-state index in [0.717, 1.165) is 0 Å². The first-order valence-electron chi connectivity index (χ1n) is 3.93. The Labute approximate surface area is 91.7 Å². The fraction of sp³-hybridized carbons (Fsp3) is 0.375. The van der Waals surface area contributed by atoms with Crippen LogP contribution in [0.4, 0.5) is 22.0 Å². The van der Waals surface area contributed by atoms with Crippen LogP contribution in [0, 0.1) is 0 Å². The summed E-state index contributed by atoms with van der Waals surface area (Å²) in [6, 6.07) is 0.485. The zero-order chi connectivity index (χ0) is 12.5. The molecule has 0 saturated carbocycles. The molecule has 0 saturated heterocycles. The molecule has 0 bridgehead atoms. The number of pyridine rings is 1. The molecule has 0 fully saturated rings. The summed E-state index contributed by atoms with van der Waals surface area (Å²) in [5.41, 5.74) is -3.01. The van der Waals surface area contributed by atoms with Crippen LogP contribution in [-0.2, 0) is 12.8 Å². The molecule has 1 aromatic heterocycles. The summed E-state index contributed by atoms with van der Waals surface area (Å²) in [4.78, 5) is 2.93. The first-order valence-corrected chi connectivity index (χ1v) is 4.30. The van der Waals surface area contributed by atoms with E-state index in [0.29, 0.717) is 6.07 Å². The summed E-state index contributed by atoms with van der Waals surface area (Å²) in [5.74, 6) is 0. The Balaban J connectivity index is 3.41. The van der Waals surface area contributed by atoms with Crippen molar-refractivity contribution in [1.29, 1.82) is 0 Å². The number of aliphatic hydroxyl groups is 1. The van der Waals surface area contributed by atoms with Crippen molar-refractivity contribution < 1.29 is 27.1 Å². The fourth-order valence-electron chi connectivity index (χ4n) is 1.12. The molecule has 1 N–H and O–H groups in total. The van der Waals surface area contributed by atoms with Crippen LogP contribution in [0.15, 0.2) is 6.07 Å². The number of alkyl halides is 5. The van der Waals surface area contributed by atoms with E-state index in [4.69, 9.17) is 16.7 Å². The molecule has 0 aromatic carbocycles. The Hall–Kier alpha value is -0.950. The van der Waals surface area contributed by atoms with Gasteiger partial charge in [-0.3, -0.25) is 0 Å². The molecule has 1 heterocycles. The van der Waals surface area contributed by atoms with Gasteiger partial charge in [0.2, 0.25) is 0 Å². The van der Waals surface area contributed by atoms with E-state index in [-0.39, 0.29) is 0 Å². The van der Waals surface area contributed by atoms with Crippen LogP contribution in [-0.4, -0.2) is 10.1 Å². The Morgan fingerprint density at radius 1 is 1.38 bits per heavy atom. The summed E-state index contributed by atoms with van der Waals surface area (Å²) < 4.78 is 61.6. The number of halogens is 6. The average Bonchev–Trinajstić information content (AvgIpc) is 2.14. The van der Waals surface area contributed by atoms with Gasteiger partial charge in [0.25, 0.3) is 6.43 Å². The summed E-state index contributed by atoms with van der Waals surface area (Å²) in [6.07, 6.45) is -7.90. The highest BCUT2D eigenvalue weighted by Crippen LogP contribution is 2.37. The highest BCUT2D eigenvalue weighted by Gasteiger charge is 2.37. The Morgan fingerprint density at radius 2 is 1.94 bits per heavy atom. The van der Waals surface area contributed by atoms with Crippen molar-refractivity contribution >= 4 is 11.6 Å². The monoisotopic (exact) mass is 261 g/mol. The minimum absolute atomic E-state index is 0.485. The van der Waals surface area contributed by atoms with Gasteiger partial charge in [-0.2, -0.15) is 13.2 Å². The van der Waals surface area contributed by atoms with Crippen molar-refractivity contribution in [3.05, 3.63) is 28.0 Å². The van der Waals surface area contributed by atoms with E-state index in [2.05, 4.69) is 4.98 Å². The SMILES string of the molecule is OCc1cc(C(F)F)nc(Cl)c1C(F)(F)F. The maximum Gasteiger partial charge on any atom is 0.419 e. The van der Waals surface area contributed by atoms with Gasteiger partial charge < -0.3 is 5.11 Å². The van der Waals surface area contributed by atoms with Gasteiger partial charge in [0.15, 0.2) is 0 Å². The molecule has 0 spiro atoms. The Bertz CT molecular complexity index is 393. The van der Waals surface area contributed by atoms with Crippen LogP contribution in [0.25, 0.3) is 0 Å². The molecule has 0 aliphatic rings. The topological polar surface area (TPSA) is 33.1 Å². The van der Waals surface area contributed by atoms with E-state index in [1.165, 1.54) is 0 Å². The fourth-order valence-corrected chi connectivity index (χ4v) is 1.45. The smallest absolute Gasteiger partial charge is 0.392 e. The average molecular weight is 262 g/mol. The van der Waals surface area contributed by atoms with E-state index in [9.17, 15) is 22.0 Å². The Kier molecular flexibility index (Phi) is 3.69. The third kappa shape index (κ3) is 2.59. The van der Waals surface area contributed by atoms with E-state index in [1.807, 2.05) is 0 Å². The first kappa shape index (κ1) is 13.1. The number of rotatable bonds is 2. The van der Waals surface area contributed by atoms with Gasteiger partial charge in [0.1, 0.15) is 10.8 Å². The molecule has 2 nitrogen and oxygen atoms in total. The molecule has 16 heavy (non-hydrogen) atoms. The second-order valence-corrected chi connectivity index (χ2v) is 3.19. The van der Waals surface area contributed by atoms with Gasteiger partial charge in [-0.15, -0.1) is 0 Å². The number of hydrogen-bond donors (Lipinski definition) is 1. The van der Waals surface area contributed by atoms with E-state index in [1.54, 1.807) is 0 Å². The molecule has 1 aromatic rings. The lowest BCUT2D eigenvalue weighted by Crippen LogP contribution is -2.12. The third-order valence-corrected chi connectivity index (χ3v) is 2.03. The van der Waals surface area contributed by atoms with Gasteiger partial charge in [0.05, 0.1) is 12.2 Å². The second kappa shape index (κ2) is 4.50. The normalized spacial score (nSPS) is 12.2. The van der Waals surface area contributed by atoms with Gasteiger partial charge in [-0.25, -0.2) is 13.8 Å². The van der Waals surface area contributed by atoms with E-state index >= 15 is 0 Å². The molecule has 0 aliphatic heterocycles. The molecular formula is C8H5ClF5NO. The zero-order valence-corrected chi connectivity index (χ0v) is 8.28. The Morgan fingerprint density at radius 3 is 2.31 bits per heavy atom. The lowest BCUT2D eigenvalue weighted by Gasteiger charge is -2.13. The van der Waals surface area contributed by atoms with Crippen LogP contribution < -0.4 is 0 Å². The number of aliphatic hydroxyl groups excluding tert-OH is 1. The third-order valence-electron chi connectivity index (χ3n) is 1.75. The summed E-state index contributed by atoms with van der Waals surface area (Å²) >= 11 is 5.17. The predicted molar refractivity (Wildman–Crippen MR) is 45.1 cm³/mol. The lowest BCUT2D eigenvalue weighted by molar-refractivity contribution is -0.138. The van der Waals surface area contributed by atoms with Crippen LogP contribution in [0.1, 0.15) is 23.2 Å². The minimum atomic E-state index is -4.84. The van der Waals surface area contributed by atoms with Gasteiger partial charge in [0, 0.05) is 0 Å². The zero-order valence-electron chi connectivity index (χ0n) is 7.52. The van der Waals surface area contributed by atoms with Crippen LogP contribution in [0.2, 0.25) is 5.15 Å². The van der Waals surface area contributed by atoms with Crippen LogP contribution in [0.3, 0.4) is 0 Å². The molecule has 8 heteroatoms. The van der Waals surface area contributed by atoms with Crippen molar-refractivity contribution in [2.24, 2.45) is 0 Å². The highest BCUT2D eigenvalue weighted by atomic mass is 35.5.